The molecule has 1 N–H and O–H groups in total. The topological polar surface area (TPSA) is 69.2 Å². The van der Waals surface area contributed by atoms with Crippen LogP contribution in [0.3, 0.4) is 0 Å². The number of amidine groups is 1. The second-order valence-corrected chi connectivity index (χ2v) is 6.79. The van der Waals surface area contributed by atoms with E-state index in [0.717, 1.165) is 11.3 Å². The predicted molar refractivity (Wildman–Crippen MR) is 108 cm³/mol. The first kappa shape index (κ1) is 18.8. The van der Waals surface area contributed by atoms with Crippen LogP contribution in [0.15, 0.2) is 46.3 Å². The molecule has 0 saturated carbocycles. The van der Waals surface area contributed by atoms with Crippen molar-refractivity contribution in [2.75, 3.05) is 21.3 Å². The molecule has 0 unspecified atom stereocenters. The summed E-state index contributed by atoms with van der Waals surface area (Å²) in [6.45, 7) is 2.01. The Kier molecular flexibility index (Phi) is 5.71. The molecule has 1 fully saturated rings. The van der Waals surface area contributed by atoms with Gasteiger partial charge >= 0.3 is 0 Å². The average molecular weight is 384 g/mol. The van der Waals surface area contributed by atoms with Crippen molar-refractivity contribution in [2.45, 2.75) is 6.92 Å². The summed E-state index contributed by atoms with van der Waals surface area (Å²) in [4.78, 5) is 17.3. The Balaban J connectivity index is 1.94. The maximum Gasteiger partial charge on any atom is 0.264 e. The number of amides is 1. The molecule has 2 aromatic rings. The molecule has 27 heavy (non-hydrogen) atoms. The van der Waals surface area contributed by atoms with Crippen molar-refractivity contribution in [3.8, 4) is 17.2 Å². The number of methoxy groups -OCH3 is 3. The molecule has 0 bridgehead atoms. The summed E-state index contributed by atoms with van der Waals surface area (Å²) < 4.78 is 16.1. The van der Waals surface area contributed by atoms with Crippen LogP contribution in [0.2, 0.25) is 0 Å². The second-order valence-electron chi connectivity index (χ2n) is 5.76. The van der Waals surface area contributed by atoms with Gasteiger partial charge < -0.3 is 19.5 Å². The normalized spacial score (nSPS) is 16.5. The molecule has 1 aliphatic rings. The molecule has 0 aliphatic carbocycles. The molecule has 140 valence electrons. The van der Waals surface area contributed by atoms with E-state index in [1.165, 1.54) is 11.8 Å². The van der Waals surface area contributed by atoms with E-state index < -0.39 is 0 Å². The molecule has 1 heterocycles. The van der Waals surface area contributed by atoms with Gasteiger partial charge in [0.05, 0.1) is 37.5 Å². The lowest BCUT2D eigenvalue weighted by Gasteiger charge is -2.12. The minimum atomic E-state index is -0.217. The van der Waals surface area contributed by atoms with Gasteiger partial charge in [0.1, 0.15) is 17.2 Å². The Morgan fingerprint density at radius 1 is 1.00 bits per heavy atom. The largest absolute Gasteiger partial charge is 0.496 e. The quantitative estimate of drug-likeness (QED) is 0.792. The summed E-state index contributed by atoms with van der Waals surface area (Å²) in [7, 11) is 4.69. The lowest BCUT2D eigenvalue weighted by Crippen LogP contribution is -2.19. The molecule has 1 amide bonds. The van der Waals surface area contributed by atoms with Gasteiger partial charge in [0.15, 0.2) is 5.17 Å². The molecular weight excluding hydrogens is 364 g/mol. The van der Waals surface area contributed by atoms with Crippen molar-refractivity contribution in [2.24, 2.45) is 4.99 Å². The van der Waals surface area contributed by atoms with Gasteiger partial charge in [0, 0.05) is 12.1 Å². The highest BCUT2D eigenvalue weighted by Crippen LogP contribution is 2.38. The highest BCUT2D eigenvalue weighted by atomic mass is 32.2. The molecule has 1 saturated heterocycles. The van der Waals surface area contributed by atoms with Crippen molar-refractivity contribution in [3.05, 3.63) is 52.4 Å². The first-order chi connectivity index (χ1) is 13.0. The van der Waals surface area contributed by atoms with Crippen LogP contribution in [0.25, 0.3) is 6.08 Å². The maximum atomic E-state index is 12.4. The van der Waals surface area contributed by atoms with Gasteiger partial charge in [-0.05, 0) is 36.9 Å². The number of hydrogen-bond acceptors (Lipinski definition) is 6. The second kappa shape index (κ2) is 8.18. The monoisotopic (exact) mass is 384 g/mol. The van der Waals surface area contributed by atoms with Gasteiger partial charge in [0.2, 0.25) is 0 Å². The summed E-state index contributed by atoms with van der Waals surface area (Å²) in [5.74, 6) is 1.49. The zero-order valence-corrected chi connectivity index (χ0v) is 16.3. The number of aliphatic imine (C=N–C) groups is 1. The van der Waals surface area contributed by atoms with Gasteiger partial charge in [0.25, 0.3) is 5.91 Å². The van der Waals surface area contributed by atoms with Crippen molar-refractivity contribution in [1.29, 1.82) is 0 Å². The summed E-state index contributed by atoms with van der Waals surface area (Å²) in [5, 5.41) is 3.31. The van der Waals surface area contributed by atoms with Crippen molar-refractivity contribution < 1.29 is 19.0 Å². The molecule has 0 aromatic heterocycles. The molecule has 0 spiro atoms. The molecule has 1 aliphatic heterocycles. The van der Waals surface area contributed by atoms with E-state index in [-0.39, 0.29) is 5.91 Å². The van der Waals surface area contributed by atoms with E-state index in [2.05, 4.69) is 10.3 Å². The first-order valence-electron chi connectivity index (χ1n) is 8.20. The Morgan fingerprint density at radius 2 is 1.63 bits per heavy atom. The summed E-state index contributed by atoms with van der Waals surface area (Å²) in [5.41, 5.74) is 2.60. The predicted octanol–water partition coefficient (Wildman–Crippen LogP) is 3.91. The summed E-state index contributed by atoms with van der Waals surface area (Å²) in [6, 6.07) is 11.3. The third-order valence-corrected chi connectivity index (χ3v) is 4.85. The number of thioether (sulfide) groups is 1. The number of benzene rings is 2. The maximum absolute atomic E-state index is 12.4. The van der Waals surface area contributed by atoms with E-state index in [4.69, 9.17) is 14.2 Å². The van der Waals surface area contributed by atoms with Crippen LogP contribution in [0.4, 0.5) is 5.69 Å². The minimum Gasteiger partial charge on any atom is -0.496 e. The third-order valence-electron chi connectivity index (χ3n) is 3.94. The highest BCUT2D eigenvalue weighted by Gasteiger charge is 2.25. The van der Waals surface area contributed by atoms with Crippen LogP contribution in [0, 0.1) is 6.92 Å². The molecule has 2 aromatic carbocycles. The van der Waals surface area contributed by atoms with Crippen LogP contribution in [-0.4, -0.2) is 32.4 Å². The number of ether oxygens (including phenoxy) is 3. The lowest BCUT2D eigenvalue weighted by molar-refractivity contribution is -0.115. The van der Waals surface area contributed by atoms with Gasteiger partial charge in [-0.15, -0.1) is 0 Å². The number of carbonyl (C=O) groups is 1. The number of hydrogen-bond donors (Lipinski definition) is 1. The van der Waals surface area contributed by atoms with Crippen molar-refractivity contribution >= 4 is 34.6 Å². The molecule has 7 heteroatoms. The fraction of sp³-hybridized carbons (Fsp3) is 0.200. The summed E-state index contributed by atoms with van der Waals surface area (Å²) in [6.07, 6.45) is 1.73. The fourth-order valence-electron chi connectivity index (χ4n) is 2.52. The number of carbonyl (C=O) groups excluding carboxylic acids is 1. The molecular formula is C20H20N2O4S. The van der Waals surface area contributed by atoms with E-state index in [0.29, 0.717) is 32.9 Å². The van der Waals surface area contributed by atoms with Crippen LogP contribution in [-0.2, 0) is 4.79 Å². The molecule has 0 atom stereocenters. The Hall–Kier alpha value is -2.93. The summed E-state index contributed by atoms with van der Waals surface area (Å²) >= 11 is 1.27. The SMILES string of the molecule is COc1cc(OC)c(/C=C2/SC(=Nc3ccc(C)cc3)NC2=O)c(OC)c1. The molecule has 0 radical (unpaired) electrons. The fourth-order valence-corrected chi connectivity index (χ4v) is 3.35. The van der Waals surface area contributed by atoms with Gasteiger partial charge in [-0.25, -0.2) is 4.99 Å². The standard InChI is InChI=1S/C20H20N2O4S/c1-12-5-7-13(8-6-12)21-20-22-19(23)18(27-20)11-15-16(25-3)9-14(24-2)10-17(15)26-4/h5-11H,1-4H3,(H,21,22,23)/b18-11+. The van der Waals surface area contributed by atoms with E-state index in [1.54, 1.807) is 39.5 Å². The average Bonchev–Trinajstić information content (AvgIpc) is 3.02. The van der Waals surface area contributed by atoms with E-state index in [9.17, 15) is 4.79 Å². The van der Waals surface area contributed by atoms with E-state index in [1.807, 2.05) is 31.2 Å². The molecule has 3 rings (SSSR count). The van der Waals surface area contributed by atoms with Crippen LogP contribution < -0.4 is 19.5 Å². The third kappa shape index (κ3) is 4.25. The zero-order chi connectivity index (χ0) is 19.4. The van der Waals surface area contributed by atoms with Crippen LogP contribution >= 0.6 is 11.8 Å². The van der Waals surface area contributed by atoms with Gasteiger partial charge in [-0.1, -0.05) is 17.7 Å². The van der Waals surface area contributed by atoms with Gasteiger partial charge in [-0.2, -0.15) is 0 Å². The number of nitrogens with zero attached hydrogens (tertiary/aromatic N) is 1. The number of aryl methyl sites for hydroxylation is 1. The smallest absolute Gasteiger partial charge is 0.264 e. The number of rotatable bonds is 5. The number of nitrogens with one attached hydrogen (secondary N) is 1. The van der Waals surface area contributed by atoms with Gasteiger partial charge in [-0.3, -0.25) is 4.79 Å². The van der Waals surface area contributed by atoms with Crippen molar-refractivity contribution in [1.82, 2.24) is 5.32 Å². The first-order valence-corrected chi connectivity index (χ1v) is 9.02. The van der Waals surface area contributed by atoms with Crippen molar-refractivity contribution in [3.63, 3.8) is 0 Å². The Bertz CT molecular complexity index is 895. The Labute approximate surface area is 162 Å². The zero-order valence-electron chi connectivity index (χ0n) is 15.5. The van der Waals surface area contributed by atoms with E-state index >= 15 is 0 Å². The lowest BCUT2D eigenvalue weighted by atomic mass is 10.1. The highest BCUT2D eigenvalue weighted by molar-refractivity contribution is 8.18. The van der Waals surface area contributed by atoms with Crippen LogP contribution in [0.5, 0.6) is 17.2 Å². The minimum absolute atomic E-state index is 0.217. The Morgan fingerprint density at radius 3 is 2.19 bits per heavy atom. The van der Waals surface area contributed by atoms with Crippen LogP contribution in [0.1, 0.15) is 11.1 Å². The molecule has 6 nitrogen and oxygen atoms in total.